The van der Waals surface area contributed by atoms with Crippen molar-refractivity contribution in [3.05, 3.63) is 23.8 Å². The van der Waals surface area contributed by atoms with E-state index in [4.69, 9.17) is 0 Å². The molecule has 0 nitrogen and oxygen atoms in total. The predicted octanol–water partition coefficient (Wildman–Crippen LogP) is -0.673. The Kier molecular flexibility index (Phi) is 3.28. The molecule has 0 fully saturated rings. The minimum atomic E-state index is 0.671. The van der Waals surface area contributed by atoms with E-state index >= 15 is 0 Å². The standard InChI is InChI=1S/C9H14As2/c1-6(2)8-4-3-7(10)5-9(8)11/h3-6H,10-11H2,1-2H3. The van der Waals surface area contributed by atoms with Crippen molar-refractivity contribution in [3.63, 3.8) is 0 Å². The van der Waals surface area contributed by atoms with E-state index in [1.807, 2.05) is 0 Å². The van der Waals surface area contributed by atoms with Gasteiger partial charge in [-0.2, -0.15) is 0 Å². The average Bonchev–Trinajstić information content (AvgIpc) is 1.85. The van der Waals surface area contributed by atoms with E-state index in [0.717, 1.165) is 0 Å². The molecule has 1 aromatic rings. The number of rotatable bonds is 1. The second-order valence-electron chi connectivity index (χ2n) is 3.04. The van der Waals surface area contributed by atoms with Gasteiger partial charge in [-0.1, -0.05) is 0 Å². The Morgan fingerprint density at radius 1 is 1.18 bits per heavy atom. The third-order valence-electron chi connectivity index (χ3n) is 1.73. The molecule has 0 heterocycles. The Bertz CT molecular complexity index is 254. The number of hydrogen-bond acceptors (Lipinski definition) is 0. The third kappa shape index (κ3) is 2.39. The molecule has 0 saturated heterocycles. The molecule has 0 aliphatic rings. The van der Waals surface area contributed by atoms with Gasteiger partial charge < -0.3 is 0 Å². The second-order valence-corrected chi connectivity index (χ2v) is 5.75. The van der Waals surface area contributed by atoms with Crippen LogP contribution in [0, 0.1) is 0 Å². The van der Waals surface area contributed by atoms with Gasteiger partial charge in [-0.3, -0.25) is 0 Å². The van der Waals surface area contributed by atoms with Crippen LogP contribution in [0.4, 0.5) is 0 Å². The molecule has 0 aliphatic heterocycles. The SMILES string of the molecule is CC(C)c1ccc([AsH2])cc1[AsH2]. The van der Waals surface area contributed by atoms with Gasteiger partial charge >= 0.3 is 85.9 Å². The van der Waals surface area contributed by atoms with Gasteiger partial charge in [-0.25, -0.2) is 0 Å². The first-order valence-electron chi connectivity index (χ1n) is 3.76. The van der Waals surface area contributed by atoms with Crippen molar-refractivity contribution in [2.75, 3.05) is 0 Å². The van der Waals surface area contributed by atoms with Crippen LogP contribution in [-0.4, -0.2) is 33.7 Å². The molecule has 0 bridgehead atoms. The van der Waals surface area contributed by atoms with Gasteiger partial charge in [0.1, 0.15) is 0 Å². The summed E-state index contributed by atoms with van der Waals surface area (Å²) in [6.07, 6.45) is 0. The van der Waals surface area contributed by atoms with E-state index in [0.29, 0.717) is 5.92 Å². The fourth-order valence-electron chi connectivity index (χ4n) is 1.12. The Hall–Kier alpha value is 0.337. The van der Waals surface area contributed by atoms with Crippen LogP contribution in [0.2, 0.25) is 0 Å². The average molecular weight is 272 g/mol. The topological polar surface area (TPSA) is 0 Å². The molecule has 2 atom stereocenters. The van der Waals surface area contributed by atoms with Gasteiger partial charge in [-0.15, -0.1) is 0 Å². The van der Waals surface area contributed by atoms with Gasteiger partial charge in [0.15, 0.2) is 0 Å². The van der Waals surface area contributed by atoms with Crippen LogP contribution in [-0.2, 0) is 0 Å². The summed E-state index contributed by atoms with van der Waals surface area (Å²) in [7, 11) is 0. The summed E-state index contributed by atoms with van der Waals surface area (Å²) in [6.45, 7) is 4.50. The fraction of sp³-hybridized carbons (Fsp3) is 0.333. The first-order valence-corrected chi connectivity index (χ1v) is 6.18. The van der Waals surface area contributed by atoms with Crippen molar-refractivity contribution in [1.29, 1.82) is 0 Å². The molecule has 0 aromatic heterocycles. The van der Waals surface area contributed by atoms with Crippen LogP contribution in [0.1, 0.15) is 25.3 Å². The van der Waals surface area contributed by atoms with E-state index < -0.39 is 0 Å². The van der Waals surface area contributed by atoms with E-state index in [2.05, 4.69) is 32.0 Å². The summed E-state index contributed by atoms with van der Waals surface area (Å²) in [5, 5.41) is 0. The van der Waals surface area contributed by atoms with Gasteiger partial charge in [0.05, 0.1) is 0 Å². The Balaban J connectivity index is 3.09. The maximum atomic E-state index is 2.30. The molecule has 60 valence electrons. The maximum absolute atomic E-state index is 2.30. The van der Waals surface area contributed by atoms with Gasteiger partial charge in [0.2, 0.25) is 0 Å². The number of hydrogen-bond donors (Lipinski definition) is 0. The van der Waals surface area contributed by atoms with Crippen molar-refractivity contribution in [2.45, 2.75) is 19.8 Å². The zero-order valence-corrected chi connectivity index (χ0v) is 11.8. The van der Waals surface area contributed by atoms with Crippen molar-refractivity contribution >= 4 is 42.4 Å². The summed E-state index contributed by atoms with van der Waals surface area (Å²) in [4.78, 5) is 0. The van der Waals surface area contributed by atoms with E-state index in [9.17, 15) is 0 Å². The molecule has 0 radical (unpaired) electrons. The summed E-state index contributed by atoms with van der Waals surface area (Å²) in [6, 6.07) is 6.78. The molecule has 1 aromatic carbocycles. The van der Waals surface area contributed by atoms with Crippen LogP contribution in [0.25, 0.3) is 0 Å². The Morgan fingerprint density at radius 2 is 1.82 bits per heavy atom. The van der Waals surface area contributed by atoms with E-state index in [-0.39, 0.29) is 0 Å². The predicted molar refractivity (Wildman–Crippen MR) is 56.9 cm³/mol. The summed E-state index contributed by atoms with van der Waals surface area (Å²) < 4.78 is 2.93. The molecule has 1 rings (SSSR count). The molecular formula is C9H14As2. The van der Waals surface area contributed by atoms with E-state index in [1.165, 1.54) is 14.3 Å². The van der Waals surface area contributed by atoms with Crippen LogP contribution >= 0.6 is 0 Å². The van der Waals surface area contributed by atoms with Crippen molar-refractivity contribution < 1.29 is 0 Å². The zero-order valence-electron chi connectivity index (χ0n) is 6.96. The van der Waals surface area contributed by atoms with Crippen molar-refractivity contribution in [1.82, 2.24) is 0 Å². The molecule has 0 saturated carbocycles. The number of benzene rings is 1. The molecule has 2 unspecified atom stereocenters. The molecule has 0 spiro atoms. The molecule has 0 N–H and O–H groups in total. The van der Waals surface area contributed by atoms with Crippen LogP contribution < -0.4 is 8.70 Å². The monoisotopic (exact) mass is 272 g/mol. The molecule has 11 heavy (non-hydrogen) atoms. The van der Waals surface area contributed by atoms with Crippen LogP contribution in [0.5, 0.6) is 0 Å². The molecule has 0 aliphatic carbocycles. The van der Waals surface area contributed by atoms with Crippen molar-refractivity contribution in [3.8, 4) is 0 Å². The quantitative estimate of drug-likeness (QED) is 0.595. The summed E-state index contributed by atoms with van der Waals surface area (Å²) in [5.74, 6) is 0.671. The van der Waals surface area contributed by atoms with Crippen LogP contribution in [0.3, 0.4) is 0 Å². The summed E-state index contributed by atoms with van der Waals surface area (Å²) in [5.41, 5.74) is 1.51. The zero-order chi connectivity index (χ0) is 8.43. The van der Waals surface area contributed by atoms with Gasteiger partial charge in [0, 0.05) is 0 Å². The first-order chi connectivity index (χ1) is 5.11. The van der Waals surface area contributed by atoms with Crippen LogP contribution in [0.15, 0.2) is 18.2 Å². The fourth-order valence-corrected chi connectivity index (χ4v) is 3.85. The van der Waals surface area contributed by atoms with Gasteiger partial charge in [0.25, 0.3) is 0 Å². The minimum absolute atomic E-state index is 0.671. The first kappa shape index (κ1) is 9.43. The molecule has 0 amide bonds. The Morgan fingerprint density at radius 3 is 2.27 bits per heavy atom. The second kappa shape index (κ2) is 3.83. The van der Waals surface area contributed by atoms with Crippen molar-refractivity contribution in [2.24, 2.45) is 0 Å². The Labute approximate surface area is 85.8 Å². The van der Waals surface area contributed by atoms with E-state index in [1.54, 1.807) is 33.7 Å². The normalized spacial score (nSPS) is 10.6. The molecular weight excluding hydrogens is 258 g/mol. The van der Waals surface area contributed by atoms with Gasteiger partial charge in [-0.05, 0) is 0 Å². The molecule has 2 heteroatoms. The third-order valence-corrected chi connectivity index (χ3v) is 3.54. The summed E-state index contributed by atoms with van der Waals surface area (Å²) >= 11 is 3.45.